The molecule has 0 aliphatic heterocycles. The molecule has 6 heteroatoms. The van der Waals surface area contributed by atoms with Crippen LogP contribution in [0.4, 0.5) is 10.6 Å². The maximum absolute atomic E-state index is 11.9. The minimum atomic E-state index is -0.317. The Balaban J connectivity index is 1.75. The highest BCUT2D eigenvalue weighted by molar-refractivity contribution is 5.88. The number of nitrogens with one attached hydrogen (secondary N) is 2. The summed E-state index contributed by atoms with van der Waals surface area (Å²) >= 11 is 0. The van der Waals surface area contributed by atoms with Crippen molar-refractivity contribution in [2.75, 3.05) is 18.5 Å². The van der Waals surface area contributed by atoms with Crippen LogP contribution in [0, 0.1) is 12.3 Å². The molecule has 1 aromatic heterocycles. The second-order valence-corrected chi connectivity index (χ2v) is 6.59. The first kappa shape index (κ1) is 18.4. The Morgan fingerprint density at radius 1 is 1.32 bits per heavy atom. The van der Waals surface area contributed by atoms with E-state index in [-0.39, 0.29) is 18.1 Å². The molecule has 0 atom stereocenters. The maximum atomic E-state index is 11.9. The van der Waals surface area contributed by atoms with Crippen LogP contribution < -0.4 is 15.4 Å². The molecule has 0 saturated carbocycles. The van der Waals surface area contributed by atoms with E-state index in [0.717, 1.165) is 17.1 Å². The van der Waals surface area contributed by atoms with Crippen molar-refractivity contribution in [2.24, 2.45) is 0 Å². The van der Waals surface area contributed by atoms with Gasteiger partial charge >= 0.3 is 6.03 Å². The van der Waals surface area contributed by atoms with E-state index in [0.29, 0.717) is 18.8 Å². The minimum Gasteiger partial charge on any atom is -0.481 e. The van der Waals surface area contributed by atoms with Crippen LogP contribution in [0.1, 0.15) is 32.1 Å². The molecule has 0 radical (unpaired) electrons. The van der Waals surface area contributed by atoms with Crippen LogP contribution in [0.15, 0.2) is 34.9 Å². The van der Waals surface area contributed by atoms with E-state index in [1.165, 1.54) is 0 Å². The Morgan fingerprint density at radius 2 is 2.04 bits per heavy atom. The molecule has 0 aliphatic rings. The third kappa shape index (κ3) is 5.88. The van der Waals surface area contributed by atoms with E-state index in [4.69, 9.17) is 15.7 Å². The van der Waals surface area contributed by atoms with Gasteiger partial charge in [0.05, 0.1) is 0 Å². The van der Waals surface area contributed by atoms with Gasteiger partial charge in [-0.3, -0.25) is 5.32 Å². The largest absolute Gasteiger partial charge is 0.481 e. The number of hydrogen-bond donors (Lipinski definition) is 2. The number of nitrogens with zero attached hydrogens (tertiary/aromatic N) is 1. The zero-order valence-corrected chi connectivity index (χ0v) is 14.8. The Morgan fingerprint density at radius 3 is 2.64 bits per heavy atom. The number of carbonyl (C=O) groups is 1. The van der Waals surface area contributed by atoms with Gasteiger partial charge in [-0.2, -0.15) is 0 Å². The fourth-order valence-corrected chi connectivity index (χ4v) is 2.05. The van der Waals surface area contributed by atoms with Crippen LogP contribution in [-0.4, -0.2) is 24.3 Å². The van der Waals surface area contributed by atoms with Crippen molar-refractivity contribution >= 4 is 11.8 Å². The second kappa shape index (κ2) is 8.25. The number of ether oxygens (including phenoxy) is 1. The van der Waals surface area contributed by atoms with E-state index in [9.17, 15) is 4.79 Å². The van der Waals surface area contributed by atoms with Gasteiger partial charge in [-0.05, 0) is 24.1 Å². The van der Waals surface area contributed by atoms with Crippen LogP contribution in [0.5, 0.6) is 5.75 Å². The standard InChI is InChI=1S/C19H23N3O3/c1-5-12-24-15-8-6-14(7-9-15)10-11-20-18(23)21-17-13-16(25-22-17)19(2,3)4/h1,6-9,13H,10-12H2,2-4H3,(H2,20,21,22,23). The van der Waals surface area contributed by atoms with Crippen molar-refractivity contribution in [3.05, 3.63) is 41.7 Å². The monoisotopic (exact) mass is 341 g/mol. The first-order valence-electron chi connectivity index (χ1n) is 8.06. The van der Waals surface area contributed by atoms with Crippen LogP contribution in [0.25, 0.3) is 0 Å². The first-order valence-corrected chi connectivity index (χ1v) is 8.06. The molecule has 2 N–H and O–H groups in total. The molecule has 0 spiro atoms. The smallest absolute Gasteiger partial charge is 0.320 e. The van der Waals surface area contributed by atoms with Crippen molar-refractivity contribution in [2.45, 2.75) is 32.6 Å². The number of anilines is 1. The summed E-state index contributed by atoms with van der Waals surface area (Å²) in [6.07, 6.45) is 5.85. The molecule has 0 fully saturated rings. The number of terminal acetylenes is 1. The number of urea groups is 1. The average molecular weight is 341 g/mol. The zero-order chi connectivity index (χ0) is 18.3. The molecule has 0 aliphatic carbocycles. The SMILES string of the molecule is C#CCOc1ccc(CCNC(=O)Nc2cc(C(C)(C)C)on2)cc1. The van der Waals surface area contributed by atoms with Gasteiger partial charge in [-0.15, -0.1) is 6.42 Å². The van der Waals surface area contributed by atoms with E-state index in [2.05, 4.69) is 21.7 Å². The second-order valence-electron chi connectivity index (χ2n) is 6.59. The number of carbonyl (C=O) groups excluding carboxylic acids is 1. The lowest BCUT2D eigenvalue weighted by Crippen LogP contribution is -2.30. The number of rotatable bonds is 6. The van der Waals surface area contributed by atoms with Gasteiger partial charge in [-0.25, -0.2) is 4.79 Å². The molecule has 0 unspecified atom stereocenters. The van der Waals surface area contributed by atoms with Crippen LogP contribution in [-0.2, 0) is 11.8 Å². The van der Waals surface area contributed by atoms with Gasteiger partial charge in [0.2, 0.25) is 0 Å². The van der Waals surface area contributed by atoms with Crippen molar-refractivity contribution in [1.29, 1.82) is 0 Å². The Labute approximate surface area is 147 Å². The highest BCUT2D eigenvalue weighted by Crippen LogP contribution is 2.24. The molecule has 25 heavy (non-hydrogen) atoms. The summed E-state index contributed by atoms with van der Waals surface area (Å²) in [5.74, 6) is 4.27. The quantitative estimate of drug-likeness (QED) is 0.790. The van der Waals surface area contributed by atoms with Crippen molar-refractivity contribution in [3.63, 3.8) is 0 Å². The fraction of sp³-hybridized carbons (Fsp3) is 0.368. The molecule has 1 aromatic carbocycles. The zero-order valence-electron chi connectivity index (χ0n) is 14.8. The summed E-state index contributed by atoms with van der Waals surface area (Å²) in [6, 6.07) is 9.01. The van der Waals surface area contributed by atoms with Gasteiger partial charge in [0, 0.05) is 18.0 Å². The van der Waals surface area contributed by atoms with Crippen molar-refractivity contribution in [3.8, 4) is 18.1 Å². The van der Waals surface area contributed by atoms with Crippen molar-refractivity contribution < 1.29 is 14.1 Å². The molecule has 2 aromatic rings. The van der Waals surface area contributed by atoms with E-state index < -0.39 is 0 Å². The van der Waals surface area contributed by atoms with Crippen LogP contribution >= 0.6 is 0 Å². The predicted molar refractivity (Wildman–Crippen MR) is 96.7 cm³/mol. The first-order chi connectivity index (χ1) is 11.9. The topological polar surface area (TPSA) is 76.4 Å². The average Bonchev–Trinajstić information content (AvgIpc) is 3.03. The van der Waals surface area contributed by atoms with Crippen molar-refractivity contribution in [1.82, 2.24) is 10.5 Å². The van der Waals surface area contributed by atoms with Gasteiger partial charge < -0.3 is 14.6 Å². The highest BCUT2D eigenvalue weighted by atomic mass is 16.5. The Hall–Kier alpha value is -2.94. The molecular formula is C19H23N3O3. The fourth-order valence-electron chi connectivity index (χ4n) is 2.05. The van der Waals surface area contributed by atoms with Gasteiger partial charge in [0.15, 0.2) is 5.82 Å². The maximum Gasteiger partial charge on any atom is 0.320 e. The Kier molecular flexibility index (Phi) is 6.07. The lowest BCUT2D eigenvalue weighted by molar-refractivity contribution is 0.252. The summed E-state index contributed by atoms with van der Waals surface area (Å²) in [7, 11) is 0. The summed E-state index contributed by atoms with van der Waals surface area (Å²) < 4.78 is 10.5. The lowest BCUT2D eigenvalue weighted by atomic mass is 9.93. The van der Waals surface area contributed by atoms with E-state index in [1.807, 2.05) is 45.0 Å². The van der Waals surface area contributed by atoms with E-state index >= 15 is 0 Å². The van der Waals surface area contributed by atoms with Gasteiger partial charge in [0.25, 0.3) is 0 Å². The molecule has 0 bridgehead atoms. The lowest BCUT2D eigenvalue weighted by Gasteiger charge is -2.12. The minimum absolute atomic E-state index is 0.153. The summed E-state index contributed by atoms with van der Waals surface area (Å²) in [5, 5.41) is 9.29. The van der Waals surface area contributed by atoms with E-state index in [1.54, 1.807) is 6.07 Å². The number of benzene rings is 1. The molecule has 2 amide bonds. The van der Waals surface area contributed by atoms with Gasteiger partial charge in [-0.1, -0.05) is 44.0 Å². The van der Waals surface area contributed by atoms with Gasteiger partial charge in [0.1, 0.15) is 18.1 Å². The summed E-state index contributed by atoms with van der Waals surface area (Å²) in [6.45, 7) is 6.79. The van der Waals surface area contributed by atoms with Crippen LogP contribution in [0.3, 0.4) is 0 Å². The number of aromatic nitrogens is 1. The van der Waals surface area contributed by atoms with Crippen LogP contribution in [0.2, 0.25) is 0 Å². The number of hydrogen-bond acceptors (Lipinski definition) is 4. The molecule has 6 nitrogen and oxygen atoms in total. The normalized spacial score (nSPS) is 10.8. The third-order valence-electron chi connectivity index (χ3n) is 3.44. The molecule has 2 rings (SSSR count). The molecule has 132 valence electrons. The highest BCUT2D eigenvalue weighted by Gasteiger charge is 2.20. The predicted octanol–water partition coefficient (Wildman–Crippen LogP) is 3.35. The molecule has 0 saturated heterocycles. The number of amides is 2. The third-order valence-corrected chi connectivity index (χ3v) is 3.44. The Bertz CT molecular complexity index is 737. The molecular weight excluding hydrogens is 318 g/mol. The molecule has 1 heterocycles. The summed E-state index contributed by atoms with van der Waals surface area (Å²) in [5.41, 5.74) is 0.935. The summed E-state index contributed by atoms with van der Waals surface area (Å²) in [4.78, 5) is 11.9.